The number of carbonyl (C=O) groups is 1. The summed E-state index contributed by atoms with van der Waals surface area (Å²) in [4.78, 5) is 11.2. The molecule has 160 valence electrons. The molecule has 0 aromatic heterocycles. The minimum absolute atomic E-state index is 0.0382. The molecule has 0 aromatic carbocycles. The number of rotatable bonds is 14. The number of esters is 1. The lowest BCUT2D eigenvalue weighted by Gasteiger charge is -2.11. The van der Waals surface area contributed by atoms with Gasteiger partial charge in [0, 0.05) is 6.42 Å². The van der Waals surface area contributed by atoms with Crippen molar-refractivity contribution in [2.45, 2.75) is 97.3 Å². The van der Waals surface area contributed by atoms with E-state index in [-0.39, 0.29) is 5.97 Å². The van der Waals surface area contributed by atoms with E-state index in [1.165, 1.54) is 58.5 Å². The van der Waals surface area contributed by atoms with Crippen molar-refractivity contribution < 1.29 is 9.53 Å². The van der Waals surface area contributed by atoms with Gasteiger partial charge in [0.1, 0.15) is 0 Å². The molecule has 0 N–H and O–H groups in total. The van der Waals surface area contributed by atoms with E-state index in [4.69, 9.17) is 4.74 Å². The van der Waals surface area contributed by atoms with Crippen LogP contribution < -0.4 is 0 Å². The minimum Gasteiger partial charge on any atom is -0.469 e. The van der Waals surface area contributed by atoms with Crippen molar-refractivity contribution in [1.29, 1.82) is 0 Å². The van der Waals surface area contributed by atoms with Gasteiger partial charge in [0.05, 0.1) is 7.11 Å². The van der Waals surface area contributed by atoms with Crippen LogP contribution in [0.15, 0.2) is 0 Å². The third-order valence-electron chi connectivity index (χ3n) is 8.93. The fourth-order valence-electron chi connectivity index (χ4n) is 6.41. The maximum absolute atomic E-state index is 11.2. The molecule has 0 spiro atoms. The molecule has 0 aromatic rings. The maximum Gasteiger partial charge on any atom is 0.305 e. The maximum atomic E-state index is 11.2. The molecule has 0 aliphatic heterocycles. The summed E-state index contributed by atoms with van der Waals surface area (Å²) in [5.74, 6) is 9.39. The van der Waals surface area contributed by atoms with E-state index in [2.05, 4.69) is 13.8 Å². The second kappa shape index (κ2) is 9.09. The molecule has 2 nitrogen and oxygen atoms in total. The molecule has 4 aliphatic rings. The van der Waals surface area contributed by atoms with E-state index in [1.54, 1.807) is 19.3 Å². The largest absolute Gasteiger partial charge is 0.469 e. The Labute approximate surface area is 173 Å². The first-order valence-corrected chi connectivity index (χ1v) is 12.6. The van der Waals surface area contributed by atoms with Crippen LogP contribution in [0.3, 0.4) is 0 Å². The molecule has 9 unspecified atom stereocenters. The van der Waals surface area contributed by atoms with Crippen molar-refractivity contribution in [3.63, 3.8) is 0 Å². The molecule has 0 radical (unpaired) electrons. The van der Waals surface area contributed by atoms with Crippen LogP contribution in [0.1, 0.15) is 97.3 Å². The average molecular weight is 389 g/mol. The Morgan fingerprint density at radius 1 is 0.857 bits per heavy atom. The van der Waals surface area contributed by atoms with Crippen molar-refractivity contribution in [3.05, 3.63) is 0 Å². The lowest BCUT2D eigenvalue weighted by Crippen LogP contribution is -2.00. The molecule has 4 fully saturated rings. The molecule has 28 heavy (non-hydrogen) atoms. The fraction of sp³-hybridized carbons (Fsp3) is 0.962. The molecule has 4 aliphatic carbocycles. The van der Waals surface area contributed by atoms with Gasteiger partial charge < -0.3 is 4.74 Å². The number of ether oxygens (including phenoxy) is 1. The Morgan fingerprint density at radius 3 is 2.07 bits per heavy atom. The Bertz CT molecular complexity index is 529. The first-order chi connectivity index (χ1) is 13.6. The molecule has 0 saturated heterocycles. The topological polar surface area (TPSA) is 26.3 Å². The van der Waals surface area contributed by atoms with E-state index < -0.39 is 0 Å². The molecule has 9 atom stereocenters. The normalized spacial score (nSPS) is 41.4. The summed E-state index contributed by atoms with van der Waals surface area (Å²) in [6.45, 7) is 4.90. The van der Waals surface area contributed by atoms with E-state index in [9.17, 15) is 4.79 Å². The first-order valence-electron chi connectivity index (χ1n) is 12.6. The molecule has 4 saturated carbocycles. The van der Waals surface area contributed by atoms with Crippen LogP contribution in [-0.4, -0.2) is 13.1 Å². The molecular weight excluding hydrogens is 344 g/mol. The van der Waals surface area contributed by atoms with Crippen molar-refractivity contribution in [1.82, 2.24) is 0 Å². The quantitative estimate of drug-likeness (QED) is 0.303. The Morgan fingerprint density at radius 2 is 1.43 bits per heavy atom. The number of methoxy groups -OCH3 is 1. The van der Waals surface area contributed by atoms with Crippen LogP contribution in [0.5, 0.6) is 0 Å². The number of hydrogen-bond donors (Lipinski definition) is 0. The van der Waals surface area contributed by atoms with E-state index in [1.807, 2.05) is 0 Å². The molecule has 0 heterocycles. The van der Waals surface area contributed by atoms with Crippen LogP contribution in [0.25, 0.3) is 0 Å². The number of hydrogen-bond acceptors (Lipinski definition) is 2. The highest BCUT2D eigenvalue weighted by Gasteiger charge is 2.46. The van der Waals surface area contributed by atoms with Gasteiger partial charge in [-0.1, -0.05) is 26.7 Å². The highest BCUT2D eigenvalue weighted by atomic mass is 16.5. The zero-order chi connectivity index (χ0) is 19.7. The summed E-state index contributed by atoms with van der Waals surface area (Å²) in [6, 6.07) is 0. The molecule has 0 amide bonds. The summed E-state index contributed by atoms with van der Waals surface area (Å²) in [7, 11) is 1.50. The summed E-state index contributed by atoms with van der Waals surface area (Å²) in [5, 5.41) is 0. The third kappa shape index (κ3) is 5.99. The highest BCUT2D eigenvalue weighted by Crippen LogP contribution is 2.56. The van der Waals surface area contributed by atoms with Crippen molar-refractivity contribution in [2.24, 2.45) is 53.3 Å². The van der Waals surface area contributed by atoms with Gasteiger partial charge in [0.2, 0.25) is 0 Å². The van der Waals surface area contributed by atoms with Gasteiger partial charge in [-0.05, 0) is 117 Å². The van der Waals surface area contributed by atoms with Crippen LogP contribution >= 0.6 is 0 Å². The Balaban J connectivity index is 0.996. The van der Waals surface area contributed by atoms with E-state index >= 15 is 0 Å². The third-order valence-corrected chi connectivity index (χ3v) is 8.93. The summed E-state index contributed by atoms with van der Waals surface area (Å²) >= 11 is 0. The molecule has 2 heteroatoms. The van der Waals surface area contributed by atoms with E-state index in [0.717, 1.165) is 59.7 Å². The molecular formula is C26H44O2. The van der Waals surface area contributed by atoms with Gasteiger partial charge in [0.25, 0.3) is 0 Å². The first kappa shape index (κ1) is 20.7. The Hall–Kier alpha value is -0.530. The second-order valence-electron chi connectivity index (χ2n) is 11.3. The monoisotopic (exact) mass is 388 g/mol. The smallest absolute Gasteiger partial charge is 0.305 e. The fourth-order valence-corrected chi connectivity index (χ4v) is 6.41. The van der Waals surface area contributed by atoms with Gasteiger partial charge in [-0.25, -0.2) is 0 Å². The lowest BCUT2D eigenvalue weighted by molar-refractivity contribution is -0.140. The van der Waals surface area contributed by atoms with E-state index in [0.29, 0.717) is 6.42 Å². The number of carbonyl (C=O) groups excluding carboxylic acids is 1. The standard InChI is InChI=1S/C26H44O2/c1-4-18-11-22(18)15-25-14-21(25)10-17(2)8-9-20-13-24(20)16-23-12-19(23)6-5-7-26(27)28-3/h17-25H,4-16H2,1-3H3. The molecule has 0 bridgehead atoms. The van der Waals surface area contributed by atoms with Crippen LogP contribution in [0.4, 0.5) is 0 Å². The predicted molar refractivity (Wildman–Crippen MR) is 115 cm³/mol. The lowest BCUT2D eigenvalue weighted by atomic mass is 9.95. The zero-order valence-corrected chi connectivity index (χ0v) is 18.7. The minimum atomic E-state index is -0.0382. The molecule has 4 rings (SSSR count). The van der Waals surface area contributed by atoms with Crippen molar-refractivity contribution >= 4 is 5.97 Å². The van der Waals surface area contributed by atoms with Crippen LogP contribution in [0.2, 0.25) is 0 Å². The van der Waals surface area contributed by atoms with Gasteiger partial charge in [-0.2, -0.15) is 0 Å². The summed E-state index contributed by atoms with van der Waals surface area (Å²) < 4.78 is 4.74. The summed E-state index contributed by atoms with van der Waals surface area (Å²) in [6.07, 6.45) is 18.0. The van der Waals surface area contributed by atoms with Crippen molar-refractivity contribution in [2.75, 3.05) is 7.11 Å². The van der Waals surface area contributed by atoms with Crippen LogP contribution in [0, 0.1) is 53.3 Å². The van der Waals surface area contributed by atoms with Gasteiger partial charge in [-0.3, -0.25) is 4.79 Å². The predicted octanol–water partition coefficient (Wildman–Crippen LogP) is 6.87. The zero-order valence-electron chi connectivity index (χ0n) is 18.7. The van der Waals surface area contributed by atoms with Gasteiger partial charge in [0.15, 0.2) is 0 Å². The van der Waals surface area contributed by atoms with Crippen LogP contribution in [-0.2, 0) is 9.53 Å². The Kier molecular flexibility index (Phi) is 6.73. The van der Waals surface area contributed by atoms with Crippen molar-refractivity contribution in [3.8, 4) is 0 Å². The van der Waals surface area contributed by atoms with Gasteiger partial charge in [-0.15, -0.1) is 0 Å². The SMILES string of the molecule is CCC1CC1CC1CC1CC(C)CCC1CC1CC1CC1CCCC(=O)OC. The van der Waals surface area contributed by atoms with Gasteiger partial charge >= 0.3 is 5.97 Å². The second-order valence-corrected chi connectivity index (χ2v) is 11.3. The highest BCUT2D eigenvalue weighted by molar-refractivity contribution is 5.68. The average Bonchev–Trinajstić information content (AvgIpc) is 3.50. The summed E-state index contributed by atoms with van der Waals surface area (Å²) in [5.41, 5.74) is 0.